The summed E-state index contributed by atoms with van der Waals surface area (Å²) < 4.78 is 6.66. The van der Waals surface area contributed by atoms with Crippen LogP contribution >= 0.6 is 0 Å². The van der Waals surface area contributed by atoms with Crippen LogP contribution in [0.4, 0.5) is 10.6 Å². The summed E-state index contributed by atoms with van der Waals surface area (Å²) in [5.74, 6) is 0.359. The summed E-state index contributed by atoms with van der Waals surface area (Å²) in [6, 6.07) is 7.72. The van der Waals surface area contributed by atoms with Crippen molar-refractivity contribution in [2.75, 3.05) is 19.0 Å². The van der Waals surface area contributed by atoms with E-state index in [4.69, 9.17) is 4.74 Å². The number of rotatable bonds is 7. The summed E-state index contributed by atoms with van der Waals surface area (Å²) in [5.41, 5.74) is 0.979. The lowest BCUT2D eigenvalue weighted by molar-refractivity contribution is -0.129. The predicted molar refractivity (Wildman–Crippen MR) is 97.2 cm³/mol. The van der Waals surface area contributed by atoms with Crippen LogP contribution in [0, 0.1) is 0 Å². The second kappa shape index (κ2) is 7.90. The molecule has 0 aliphatic carbocycles. The fourth-order valence-electron chi connectivity index (χ4n) is 2.82. The molecule has 0 unspecified atom stereocenters. The second-order valence-electron chi connectivity index (χ2n) is 6.22. The average Bonchev–Trinajstić information content (AvgIpc) is 3.16. The highest BCUT2D eigenvalue weighted by molar-refractivity contribution is 6.06. The first-order valence-corrected chi connectivity index (χ1v) is 8.50. The van der Waals surface area contributed by atoms with E-state index in [1.165, 1.54) is 0 Å². The lowest BCUT2D eigenvalue weighted by Gasteiger charge is -2.13. The Labute approximate surface area is 156 Å². The lowest BCUT2D eigenvalue weighted by Crippen LogP contribution is -2.35. The van der Waals surface area contributed by atoms with Crippen LogP contribution in [0.25, 0.3) is 0 Å². The molecule has 1 fully saturated rings. The number of nitrogens with one attached hydrogen (secondary N) is 2. The third kappa shape index (κ3) is 4.43. The number of hydrogen-bond acceptors (Lipinski definition) is 5. The van der Waals surface area contributed by atoms with E-state index in [2.05, 4.69) is 15.7 Å². The number of urea groups is 1. The standard InChI is InChI=1S/C18H21N5O4/c1-22-9-8-15(21-22)20-16(24)11-14-17(25)23(18(26)19-14)10-7-12-3-5-13(27-2)6-4-12/h3-6,8-9,14H,7,10-11H2,1-2H3,(H,19,26)(H,20,21,24)/t14-/m0/s1. The molecule has 2 N–H and O–H groups in total. The van der Waals surface area contributed by atoms with Crippen LogP contribution in [0.2, 0.25) is 0 Å². The molecule has 4 amide bonds. The van der Waals surface area contributed by atoms with Crippen molar-refractivity contribution in [1.82, 2.24) is 20.0 Å². The first kappa shape index (κ1) is 18.4. The number of benzene rings is 1. The van der Waals surface area contributed by atoms with Gasteiger partial charge in [0.05, 0.1) is 13.5 Å². The largest absolute Gasteiger partial charge is 0.497 e. The minimum atomic E-state index is -0.864. The Kier molecular flexibility index (Phi) is 5.39. The van der Waals surface area contributed by atoms with Gasteiger partial charge in [-0.3, -0.25) is 19.2 Å². The smallest absolute Gasteiger partial charge is 0.324 e. The Hall–Kier alpha value is -3.36. The molecule has 27 heavy (non-hydrogen) atoms. The molecule has 1 aromatic carbocycles. The molecule has 2 aromatic rings. The van der Waals surface area contributed by atoms with Crippen molar-refractivity contribution < 1.29 is 19.1 Å². The maximum Gasteiger partial charge on any atom is 0.324 e. The Morgan fingerprint density at radius 1 is 1.26 bits per heavy atom. The number of hydrogen-bond donors (Lipinski definition) is 2. The van der Waals surface area contributed by atoms with E-state index >= 15 is 0 Å². The fraction of sp³-hybridized carbons (Fsp3) is 0.333. The van der Waals surface area contributed by atoms with Crippen molar-refractivity contribution in [3.63, 3.8) is 0 Å². The monoisotopic (exact) mass is 371 g/mol. The maximum atomic E-state index is 12.5. The van der Waals surface area contributed by atoms with Crippen LogP contribution in [0.5, 0.6) is 5.75 Å². The molecule has 1 saturated heterocycles. The summed E-state index contributed by atoms with van der Waals surface area (Å²) in [6.45, 7) is 0.245. The fourth-order valence-corrected chi connectivity index (χ4v) is 2.82. The number of amides is 4. The predicted octanol–water partition coefficient (Wildman–Crippen LogP) is 0.920. The molecular formula is C18H21N5O4. The van der Waals surface area contributed by atoms with Crippen molar-refractivity contribution >= 4 is 23.7 Å². The zero-order valence-electron chi connectivity index (χ0n) is 15.1. The SMILES string of the molecule is COc1ccc(CCN2C(=O)N[C@@H](CC(=O)Nc3ccn(C)n3)C2=O)cc1. The van der Waals surface area contributed by atoms with Gasteiger partial charge in [0.15, 0.2) is 5.82 Å². The number of aromatic nitrogens is 2. The van der Waals surface area contributed by atoms with E-state index in [1.807, 2.05) is 24.3 Å². The number of carbonyl (C=O) groups excluding carboxylic acids is 3. The maximum absolute atomic E-state index is 12.5. The van der Waals surface area contributed by atoms with Gasteiger partial charge in [-0.1, -0.05) is 12.1 Å². The van der Waals surface area contributed by atoms with Crippen LogP contribution in [-0.4, -0.2) is 52.2 Å². The summed E-state index contributed by atoms with van der Waals surface area (Å²) >= 11 is 0. The van der Waals surface area contributed by atoms with Gasteiger partial charge >= 0.3 is 6.03 Å². The topological polar surface area (TPSA) is 106 Å². The molecule has 1 aliphatic rings. The Bertz CT molecular complexity index is 846. The van der Waals surface area contributed by atoms with Crippen LogP contribution in [0.15, 0.2) is 36.5 Å². The molecule has 9 nitrogen and oxygen atoms in total. The molecule has 0 spiro atoms. The van der Waals surface area contributed by atoms with E-state index < -0.39 is 18.0 Å². The quantitative estimate of drug-likeness (QED) is 0.704. The van der Waals surface area contributed by atoms with Crippen molar-refractivity contribution in [3.8, 4) is 5.75 Å². The molecule has 0 saturated carbocycles. The van der Waals surface area contributed by atoms with E-state index in [0.29, 0.717) is 12.2 Å². The van der Waals surface area contributed by atoms with E-state index in [-0.39, 0.29) is 18.9 Å². The summed E-state index contributed by atoms with van der Waals surface area (Å²) in [6.07, 6.45) is 2.08. The number of carbonyl (C=O) groups is 3. The van der Waals surface area contributed by atoms with E-state index in [1.54, 1.807) is 31.1 Å². The van der Waals surface area contributed by atoms with Crippen LogP contribution in [0.3, 0.4) is 0 Å². The number of anilines is 1. The van der Waals surface area contributed by atoms with Crippen LogP contribution in [-0.2, 0) is 23.1 Å². The molecule has 0 bridgehead atoms. The highest BCUT2D eigenvalue weighted by Gasteiger charge is 2.38. The normalized spacial score (nSPS) is 16.4. The highest BCUT2D eigenvalue weighted by atomic mass is 16.5. The van der Waals surface area contributed by atoms with Gasteiger partial charge in [-0.2, -0.15) is 5.10 Å². The number of imide groups is 1. The molecular weight excluding hydrogens is 350 g/mol. The Morgan fingerprint density at radius 2 is 2.00 bits per heavy atom. The summed E-state index contributed by atoms with van der Waals surface area (Å²) in [5, 5.41) is 9.21. The summed E-state index contributed by atoms with van der Waals surface area (Å²) in [4.78, 5) is 37.8. The molecule has 2 heterocycles. The van der Waals surface area contributed by atoms with Crippen molar-refractivity contribution in [2.45, 2.75) is 18.9 Å². The minimum Gasteiger partial charge on any atom is -0.497 e. The molecule has 1 atom stereocenters. The first-order chi connectivity index (χ1) is 13.0. The first-order valence-electron chi connectivity index (χ1n) is 8.50. The lowest BCUT2D eigenvalue weighted by atomic mass is 10.1. The second-order valence-corrected chi connectivity index (χ2v) is 6.22. The Balaban J connectivity index is 1.53. The Morgan fingerprint density at radius 3 is 2.63 bits per heavy atom. The van der Waals surface area contributed by atoms with Crippen LogP contribution < -0.4 is 15.4 Å². The molecule has 1 aromatic heterocycles. The molecule has 0 radical (unpaired) electrons. The number of nitrogens with zero attached hydrogens (tertiary/aromatic N) is 3. The number of aryl methyl sites for hydroxylation is 1. The van der Waals surface area contributed by atoms with Gasteiger partial charge in [-0.15, -0.1) is 0 Å². The minimum absolute atomic E-state index is 0.139. The molecule has 142 valence electrons. The van der Waals surface area contributed by atoms with E-state index in [0.717, 1.165) is 16.2 Å². The van der Waals surface area contributed by atoms with Gasteiger partial charge in [-0.05, 0) is 24.1 Å². The van der Waals surface area contributed by atoms with Gasteiger partial charge in [0.1, 0.15) is 11.8 Å². The van der Waals surface area contributed by atoms with Gasteiger partial charge in [0.25, 0.3) is 5.91 Å². The van der Waals surface area contributed by atoms with Crippen molar-refractivity contribution in [2.24, 2.45) is 7.05 Å². The highest BCUT2D eigenvalue weighted by Crippen LogP contribution is 2.15. The molecule has 1 aliphatic heterocycles. The van der Waals surface area contributed by atoms with Gasteiger partial charge < -0.3 is 15.4 Å². The number of methoxy groups -OCH3 is 1. The third-order valence-electron chi connectivity index (χ3n) is 4.26. The summed E-state index contributed by atoms with van der Waals surface area (Å²) in [7, 11) is 3.32. The van der Waals surface area contributed by atoms with Crippen LogP contribution in [0.1, 0.15) is 12.0 Å². The van der Waals surface area contributed by atoms with Gasteiger partial charge in [0, 0.05) is 25.9 Å². The van der Waals surface area contributed by atoms with Crippen molar-refractivity contribution in [1.29, 1.82) is 0 Å². The van der Waals surface area contributed by atoms with Gasteiger partial charge in [0.2, 0.25) is 5.91 Å². The molecule has 3 rings (SSSR count). The van der Waals surface area contributed by atoms with Crippen molar-refractivity contribution in [3.05, 3.63) is 42.1 Å². The van der Waals surface area contributed by atoms with Gasteiger partial charge in [-0.25, -0.2) is 4.79 Å². The van der Waals surface area contributed by atoms with E-state index in [9.17, 15) is 14.4 Å². The zero-order valence-corrected chi connectivity index (χ0v) is 15.1. The molecule has 9 heteroatoms. The third-order valence-corrected chi connectivity index (χ3v) is 4.26. The average molecular weight is 371 g/mol. The number of ether oxygens (including phenoxy) is 1. The zero-order chi connectivity index (χ0) is 19.4.